The summed E-state index contributed by atoms with van der Waals surface area (Å²) in [6, 6.07) is 8.88. The van der Waals surface area contributed by atoms with Gasteiger partial charge in [-0.1, -0.05) is 12.1 Å². The molecule has 0 aliphatic rings. The molecule has 0 saturated heterocycles. The van der Waals surface area contributed by atoms with Gasteiger partial charge in [0.25, 0.3) is 5.91 Å². The highest BCUT2D eigenvalue weighted by atomic mass is 16.6. The second-order valence-electron chi connectivity index (χ2n) is 5.00. The van der Waals surface area contributed by atoms with E-state index in [2.05, 4.69) is 4.74 Å². The number of esters is 1. The number of hydrogen-bond donors (Lipinski definition) is 1. The third kappa shape index (κ3) is 6.74. The molecular weight excluding hydrogens is 326 g/mol. The van der Waals surface area contributed by atoms with Crippen LogP contribution in [0.25, 0.3) is 6.08 Å². The van der Waals surface area contributed by atoms with Crippen LogP contribution >= 0.6 is 0 Å². The molecule has 8 heteroatoms. The average Bonchev–Trinajstić information content (AvgIpc) is 2.58. The second-order valence-corrected chi connectivity index (χ2v) is 5.00. The Kier molecular flexibility index (Phi) is 7.66. The van der Waals surface area contributed by atoms with Crippen LogP contribution in [-0.2, 0) is 19.1 Å². The molecule has 0 saturated carbocycles. The summed E-state index contributed by atoms with van der Waals surface area (Å²) >= 11 is 0. The minimum absolute atomic E-state index is 0.104. The lowest BCUT2D eigenvalue weighted by Crippen LogP contribution is -2.34. The second kappa shape index (κ2) is 9.72. The van der Waals surface area contributed by atoms with Crippen molar-refractivity contribution in [3.05, 3.63) is 35.4 Å². The Labute approximate surface area is 145 Å². The Morgan fingerprint density at radius 2 is 1.84 bits per heavy atom. The molecule has 8 nitrogen and oxygen atoms in total. The molecule has 0 bridgehead atoms. The fourth-order valence-corrected chi connectivity index (χ4v) is 1.70. The van der Waals surface area contributed by atoms with Crippen LogP contribution in [0.1, 0.15) is 12.5 Å². The highest BCUT2D eigenvalue weighted by Gasteiger charge is 2.15. The van der Waals surface area contributed by atoms with Gasteiger partial charge < -0.3 is 14.4 Å². The number of imide groups is 1. The Balaban J connectivity index is 2.66. The van der Waals surface area contributed by atoms with Gasteiger partial charge in [0.15, 0.2) is 6.61 Å². The minimum Gasteiger partial charge on any atom is -0.451 e. The number of nitrogens with zero attached hydrogens (tertiary/aromatic N) is 2. The van der Waals surface area contributed by atoms with Crippen molar-refractivity contribution in [2.24, 2.45) is 0 Å². The van der Waals surface area contributed by atoms with Crippen LogP contribution in [0.4, 0.5) is 10.5 Å². The Morgan fingerprint density at radius 1 is 1.20 bits per heavy atom. The fourth-order valence-electron chi connectivity index (χ4n) is 1.70. The normalized spacial score (nSPS) is 10.4. The number of rotatable bonds is 6. The predicted molar refractivity (Wildman–Crippen MR) is 90.5 cm³/mol. The van der Waals surface area contributed by atoms with Crippen molar-refractivity contribution in [3.8, 4) is 6.07 Å². The number of amides is 2. The maximum atomic E-state index is 11.9. The van der Waals surface area contributed by atoms with E-state index in [4.69, 9.17) is 10.00 Å². The number of hydrogen-bond acceptors (Lipinski definition) is 7. The van der Waals surface area contributed by atoms with Crippen LogP contribution in [0, 0.1) is 11.3 Å². The Bertz CT molecular complexity index is 702. The van der Waals surface area contributed by atoms with Crippen molar-refractivity contribution in [2.75, 3.05) is 32.2 Å². The van der Waals surface area contributed by atoms with Crippen molar-refractivity contribution < 1.29 is 23.9 Å². The van der Waals surface area contributed by atoms with Crippen molar-refractivity contribution in [1.29, 1.82) is 5.26 Å². The zero-order valence-electron chi connectivity index (χ0n) is 14.2. The zero-order chi connectivity index (χ0) is 18.8. The SMILES string of the molecule is CCOC(=O)NC(=O)COC(=O)/C(C#N)=C/c1ccc(N(C)C)cc1. The predicted octanol–water partition coefficient (Wildman–Crippen LogP) is 1.48. The molecule has 0 aliphatic carbocycles. The number of carbonyl (C=O) groups excluding carboxylic acids is 3. The van der Waals surface area contributed by atoms with Gasteiger partial charge in [0.1, 0.15) is 11.6 Å². The van der Waals surface area contributed by atoms with Crippen LogP contribution in [0.5, 0.6) is 0 Å². The van der Waals surface area contributed by atoms with Crippen molar-refractivity contribution >= 4 is 29.7 Å². The standard InChI is InChI=1S/C17H19N3O5/c1-4-24-17(23)19-15(21)11-25-16(22)13(10-18)9-12-5-7-14(8-6-12)20(2)3/h5-9H,4,11H2,1-3H3,(H,19,21,23)/b13-9+. The van der Waals surface area contributed by atoms with E-state index in [0.29, 0.717) is 5.56 Å². The topological polar surface area (TPSA) is 109 Å². The molecule has 1 rings (SSSR count). The molecule has 0 radical (unpaired) electrons. The van der Waals surface area contributed by atoms with E-state index in [9.17, 15) is 14.4 Å². The largest absolute Gasteiger partial charge is 0.451 e. The number of carbonyl (C=O) groups is 3. The van der Waals surface area contributed by atoms with Gasteiger partial charge in [-0.3, -0.25) is 10.1 Å². The third-order valence-corrected chi connectivity index (χ3v) is 2.91. The molecule has 1 aromatic rings. The summed E-state index contributed by atoms with van der Waals surface area (Å²) in [5, 5.41) is 11.0. The molecule has 0 aliphatic heterocycles. The molecule has 132 valence electrons. The van der Waals surface area contributed by atoms with Gasteiger partial charge >= 0.3 is 12.1 Å². The lowest BCUT2D eigenvalue weighted by atomic mass is 10.1. The van der Waals surface area contributed by atoms with Gasteiger partial charge in [-0.2, -0.15) is 5.26 Å². The van der Waals surface area contributed by atoms with E-state index in [1.54, 1.807) is 25.1 Å². The van der Waals surface area contributed by atoms with Crippen LogP contribution in [0.2, 0.25) is 0 Å². The molecule has 0 aromatic heterocycles. The van der Waals surface area contributed by atoms with Gasteiger partial charge in [0.05, 0.1) is 6.61 Å². The quantitative estimate of drug-likeness (QED) is 0.472. The van der Waals surface area contributed by atoms with Gasteiger partial charge in [-0.15, -0.1) is 0 Å². The van der Waals surface area contributed by atoms with E-state index in [1.165, 1.54) is 6.08 Å². The minimum atomic E-state index is -0.960. The Hall–Kier alpha value is -3.34. The number of ether oxygens (including phenoxy) is 2. The third-order valence-electron chi connectivity index (χ3n) is 2.91. The van der Waals surface area contributed by atoms with Gasteiger partial charge in [-0.05, 0) is 30.7 Å². The number of nitrogens with one attached hydrogen (secondary N) is 1. The molecule has 1 aromatic carbocycles. The first-order chi connectivity index (χ1) is 11.9. The van der Waals surface area contributed by atoms with E-state index in [0.717, 1.165) is 5.69 Å². The summed E-state index contributed by atoms with van der Waals surface area (Å²) in [6.07, 6.45) is 0.422. The molecule has 2 amide bonds. The first-order valence-electron chi connectivity index (χ1n) is 7.40. The number of nitriles is 1. The van der Waals surface area contributed by atoms with Crippen molar-refractivity contribution in [1.82, 2.24) is 5.32 Å². The molecule has 0 heterocycles. The summed E-state index contributed by atoms with van der Waals surface area (Å²) < 4.78 is 9.23. The number of anilines is 1. The summed E-state index contributed by atoms with van der Waals surface area (Å²) in [5.74, 6) is -1.81. The Morgan fingerprint density at radius 3 is 2.36 bits per heavy atom. The molecule has 1 N–H and O–H groups in total. The molecular formula is C17H19N3O5. The van der Waals surface area contributed by atoms with Gasteiger partial charge in [0, 0.05) is 19.8 Å². The first kappa shape index (κ1) is 19.7. The molecule has 25 heavy (non-hydrogen) atoms. The number of alkyl carbamates (subject to hydrolysis) is 1. The number of benzene rings is 1. The monoisotopic (exact) mass is 345 g/mol. The average molecular weight is 345 g/mol. The van der Waals surface area contributed by atoms with Crippen LogP contribution < -0.4 is 10.2 Å². The highest BCUT2D eigenvalue weighted by Crippen LogP contribution is 2.15. The lowest BCUT2D eigenvalue weighted by Gasteiger charge is -2.11. The summed E-state index contributed by atoms with van der Waals surface area (Å²) in [5.41, 5.74) is 1.34. The molecule has 0 fully saturated rings. The van der Waals surface area contributed by atoms with E-state index < -0.39 is 24.6 Å². The molecule has 0 atom stereocenters. The van der Waals surface area contributed by atoms with Crippen molar-refractivity contribution in [2.45, 2.75) is 6.92 Å². The van der Waals surface area contributed by atoms with E-state index in [-0.39, 0.29) is 12.2 Å². The summed E-state index contributed by atoms with van der Waals surface area (Å²) in [4.78, 5) is 36.2. The smallest absolute Gasteiger partial charge is 0.413 e. The zero-order valence-corrected chi connectivity index (χ0v) is 14.2. The first-order valence-corrected chi connectivity index (χ1v) is 7.40. The lowest BCUT2D eigenvalue weighted by molar-refractivity contribution is -0.144. The van der Waals surface area contributed by atoms with Crippen LogP contribution in [-0.4, -0.2) is 45.3 Å². The fraction of sp³-hybridized carbons (Fsp3) is 0.294. The van der Waals surface area contributed by atoms with Crippen LogP contribution in [0.3, 0.4) is 0 Å². The van der Waals surface area contributed by atoms with E-state index >= 15 is 0 Å². The summed E-state index contributed by atoms with van der Waals surface area (Å²) in [6.45, 7) is 0.988. The van der Waals surface area contributed by atoms with Crippen molar-refractivity contribution in [3.63, 3.8) is 0 Å². The summed E-state index contributed by atoms with van der Waals surface area (Å²) in [7, 11) is 3.79. The maximum absolute atomic E-state index is 11.9. The molecule has 0 unspecified atom stereocenters. The maximum Gasteiger partial charge on any atom is 0.413 e. The van der Waals surface area contributed by atoms with E-state index in [1.807, 2.05) is 36.4 Å². The highest BCUT2D eigenvalue weighted by molar-refractivity contribution is 5.99. The van der Waals surface area contributed by atoms with Gasteiger partial charge in [0.2, 0.25) is 0 Å². The van der Waals surface area contributed by atoms with Crippen LogP contribution in [0.15, 0.2) is 29.8 Å². The van der Waals surface area contributed by atoms with Gasteiger partial charge in [-0.25, -0.2) is 9.59 Å². The molecule has 0 spiro atoms.